The monoisotopic (exact) mass is 390 g/mol. The van der Waals surface area contributed by atoms with Gasteiger partial charge in [-0.3, -0.25) is 4.79 Å². The summed E-state index contributed by atoms with van der Waals surface area (Å²) < 4.78 is 36.5. The number of amides is 1. The standard InChI is InChI=1S/C17H14N2O5S2/c1-19-12-7-13-14(24-9-23-13)8-15(12)25-17(19)18-16(20)10-3-5-11(6-4-10)26(2,21)22/h3-8H,9H2,1-2H3. The third-order valence-electron chi connectivity index (χ3n) is 4.03. The quantitative estimate of drug-likeness (QED) is 0.669. The van der Waals surface area contributed by atoms with Crippen LogP contribution in [0.3, 0.4) is 0 Å². The summed E-state index contributed by atoms with van der Waals surface area (Å²) in [7, 11) is -1.48. The summed E-state index contributed by atoms with van der Waals surface area (Å²) in [5, 5.41) is 0. The van der Waals surface area contributed by atoms with E-state index in [1.165, 1.54) is 35.6 Å². The third kappa shape index (κ3) is 2.89. The maximum atomic E-state index is 12.4. The molecular weight excluding hydrogens is 376 g/mol. The van der Waals surface area contributed by atoms with Crippen molar-refractivity contribution in [3.05, 3.63) is 46.8 Å². The number of fused-ring (bicyclic) bond motifs is 2. The van der Waals surface area contributed by atoms with Crippen molar-refractivity contribution in [1.29, 1.82) is 0 Å². The number of hydrogen-bond acceptors (Lipinski definition) is 6. The van der Waals surface area contributed by atoms with Crippen LogP contribution in [0.15, 0.2) is 46.3 Å². The largest absolute Gasteiger partial charge is 0.454 e. The third-order valence-corrected chi connectivity index (χ3v) is 6.25. The van der Waals surface area contributed by atoms with Gasteiger partial charge < -0.3 is 14.0 Å². The van der Waals surface area contributed by atoms with E-state index in [4.69, 9.17) is 9.47 Å². The highest BCUT2D eigenvalue weighted by Crippen LogP contribution is 2.36. The van der Waals surface area contributed by atoms with Gasteiger partial charge in [0.15, 0.2) is 26.1 Å². The second-order valence-corrected chi connectivity index (χ2v) is 8.86. The van der Waals surface area contributed by atoms with Crippen LogP contribution in [0.25, 0.3) is 10.2 Å². The number of thiazole rings is 1. The molecule has 2 heterocycles. The first-order chi connectivity index (χ1) is 12.3. The maximum Gasteiger partial charge on any atom is 0.279 e. The molecule has 1 aliphatic rings. The van der Waals surface area contributed by atoms with Crippen molar-refractivity contribution in [1.82, 2.24) is 4.57 Å². The molecule has 9 heteroatoms. The Kier molecular flexibility index (Phi) is 3.85. The van der Waals surface area contributed by atoms with Crippen molar-refractivity contribution in [2.24, 2.45) is 12.0 Å². The van der Waals surface area contributed by atoms with Crippen molar-refractivity contribution in [2.75, 3.05) is 13.0 Å². The molecule has 0 aliphatic carbocycles. The van der Waals surface area contributed by atoms with Crippen LogP contribution in [0, 0.1) is 0 Å². The number of carbonyl (C=O) groups is 1. The van der Waals surface area contributed by atoms with E-state index in [0.717, 1.165) is 16.5 Å². The number of aromatic nitrogens is 1. The van der Waals surface area contributed by atoms with Gasteiger partial charge in [-0.05, 0) is 24.3 Å². The predicted molar refractivity (Wildman–Crippen MR) is 96.4 cm³/mol. The number of sulfone groups is 1. The van der Waals surface area contributed by atoms with Crippen molar-refractivity contribution in [2.45, 2.75) is 4.90 Å². The Morgan fingerprint density at radius 3 is 2.46 bits per heavy atom. The zero-order chi connectivity index (χ0) is 18.5. The van der Waals surface area contributed by atoms with Gasteiger partial charge >= 0.3 is 0 Å². The molecule has 134 valence electrons. The fourth-order valence-corrected chi connectivity index (χ4v) is 4.28. The second kappa shape index (κ2) is 5.96. The molecule has 0 radical (unpaired) electrons. The highest BCUT2D eigenvalue weighted by molar-refractivity contribution is 7.90. The molecule has 26 heavy (non-hydrogen) atoms. The molecule has 0 unspecified atom stereocenters. The molecule has 0 fully saturated rings. The average Bonchev–Trinajstić information content (AvgIpc) is 3.17. The zero-order valence-corrected chi connectivity index (χ0v) is 15.6. The molecule has 1 amide bonds. The first-order valence-electron chi connectivity index (χ1n) is 7.61. The van der Waals surface area contributed by atoms with Gasteiger partial charge in [-0.2, -0.15) is 4.99 Å². The van der Waals surface area contributed by atoms with Crippen LogP contribution in [0.1, 0.15) is 10.4 Å². The Labute approximate surface area is 153 Å². The lowest BCUT2D eigenvalue weighted by Gasteiger charge is -2.00. The zero-order valence-electron chi connectivity index (χ0n) is 13.9. The van der Waals surface area contributed by atoms with Crippen LogP contribution in [0.4, 0.5) is 0 Å². The minimum absolute atomic E-state index is 0.163. The Morgan fingerprint density at radius 1 is 1.15 bits per heavy atom. The van der Waals surface area contributed by atoms with Crippen LogP contribution in [0.5, 0.6) is 11.5 Å². The van der Waals surface area contributed by atoms with E-state index >= 15 is 0 Å². The highest BCUT2D eigenvalue weighted by atomic mass is 32.2. The Morgan fingerprint density at radius 2 is 1.81 bits per heavy atom. The van der Waals surface area contributed by atoms with Gasteiger partial charge in [0.25, 0.3) is 5.91 Å². The molecule has 0 saturated carbocycles. The molecule has 1 aliphatic heterocycles. The van der Waals surface area contributed by atoms with Crippen LogP contribution >= 0.6 is 11.3 Å². The maximum absolute atomic E-state index is 12.4. The van der Waals surface area contributed by atoms with E-state index in [2.05, 4.69) is 4.99 Å². The molecule has 0 N–H and O–H groups in total. The summed E-state index contributed by atoms with van der Waals surface area (Å²) in [6.45, 7) is 0.204. The van der Waals surface area contributed by atoms with Crippen LogP contribution in [-0.4, -0.2) is 31.9 Å². The molecule has 0 saturated heterocycles. The van der Waals surface area contributed by atoms with Crippen molar-refractivity contribution < 1.29 is 22.7 Å². The summed E-state index contributed by atoms with van der Waals surface area (Å²) in [5.74, 6) is 0.904. The number of nitrogens with zero attached hydrogens (tertiary/aromatic N) is 2. The number of carbonyl (C=O) groups excluding carboxylic acids is 1. The topological polar surface area (TPSA) is 87.0 Å². The highest BCUT2D eigenvalue weighted by Gasteiger charge is 2.17. The number of benzene rings is 2. The molecule has 0 atom stereocenters. The van der Waals surface area contributed by atoms with Crippen molar-refractivity contribution in [3.63, 3.8) is 0 Å². The van der Waals surface area contributed by atoms with Crippen LogP contribution in [-0.2, 0) is 16.9 Å². The number of aryl methyl sites for hydroxylation is 1. The lowest BCUT2D eigenvalue weighted by molar-refractivity contribution is 0.0998. The summed E-state index contributed by atoms with van der Waals surface area (Å²) >= 11 is 1.36. The average molecular weight is 390 g/mol. The minimum Gasteiger partial charge on any atom is -0.454 e. The Hall–Kier alpha value is -2.65. The number of rotatable bonds is 2. The van der Waals surface area contributed by atoms with E-state index < -0.39 is 15.7 Å². The smallest absolute Gasteiger partial charge is 0.279 e. The fraction of sp³-hybridized carbons (Fsp3) is 0.176. The molecule has 3 aromatic rings. The van der Waals surface area contributed by atoms with Crippen LogP contribution in [0.2, 0.25) is 0 Å². The molecule has 2 aromatic carbocycles. The van der Waals surface area contributed by atoms with E-state index in [0.29, 0.717) is 21.9 Å². The van der Waals surface area contributed by atoms with Gasteiger partial charge in [-0.25, -0.2) is 8.42 Å². The number of ether oxygens (including phenoxy) is 2. The first-order valence-corrected chi connectivity index (χ1v) is 10.3. The predicted octanol–water partition coefficient (Wildman–Crippen LogP) is 2.11. The summed E-state index contributed by atoms with van der Waals surface area (Å²) in [6, 6.07) is 9.47. The van der Waals surface area contributed by atoms with Gasteiger partial charge in [0.05, 0.1) is 15.1 Å². The van der Waals surface area contributed by atoms with E-state index in [1.54, 1.807) is 0 Å². The normalized spacial score (nSPS) is 14.2. The molecule has 0 bridgehead atoms. The van der Waals surface area contributed by atoms with Gasteiger partial charge in [0, 0.05) is 31.0 Å². The number of hydrogen-bond donors (Lipinski definition) is 0. The Bertz CT molecular complexity index is 1200. The molecule has 4 rings (SSSR count). The van der Waals surface area contributed by atoms with Crippen LogP contribution < -0.4 is 14.3 Å². The molecular formula is C17H14N2O5S2. The summed E-state index contributed by atoms with van der Waals surface area (Å²) in [4.78, 5) is 17.3. The molecule has 1 aromatic heterocycles. The molecule has 7 nitrogen and oxygen atoms in total. The van der Waals surface area contributed by atoms with Gasteiger partial charge in [-0.15, -0.1) is 0 Å². The minimum atomic E-state index is -3.30. The first kappa shape index (κ1) is 16.8. The fourth-order valence-electron chi connectivity index (χ4n) is 2.62. The van der Waals surface area contributed by atoms with Crippen molar-refractivity contribution in [3.8, 4) is 11.5 Å². The van der Waals surface area contributed by atoms with E-state index in [1.807, 2.05) is 23.7 Å². The second-order valence-electron chi connectivity index (χ2n) is 5.83. The van der Waals surface area contributed by atoms with E-state index in [9.17, 15) is 13.2 Å². The van der Waals surface area contributed by atoms with Gasteiger partial charge in [-0.1, -0.05) is 11.3 Å². The summed E-state index contributed by atoms with van der Waals surface area (Å²) in [5.41, 5.74) is 1.21. The van der Waals surface area contributed by atoms with Gasteiger partial charge in [0.2, 0.25) is 6.79 Å². The SMILES string of the molecule is Cn1c(=NC(=O)c2ccc(S(C)(=O)=O)cc2)sc2cc3c(cc21)OCO3. The lowest BCUT2D eigenvalue weighted by atomic mass is 10.2. The van der Waals surface area contributed by atoms with Gasteiger partial charge in [0.1, 0.15) is 0 Å². The van der Waals surface area contributed by atoms with Crippen molar-refractivity contribution >= 4 is 37.3 Å². The summed E-state index contributed by atoms with van der Waals surface area (Å²) in [6.07, 6.45) is 1.12. The molecule has 0 spiro atoms. The van der Waals surface area contributed by atoms with E-state index in [-0.39, 0.29) is 11.7 Å². The Balaban J connectivity index is 1.74. The lowest BCUT2D eigenvalue weighted by Crippen LogP contribution is -2.13.